The van der Waals surface area contributed by atoms with Crippen LogP contribution >= 0.6 is 0 Å². The van der Waals surface area contributed by atoms with E-state index in [1.165, 1.54) is 0 Å². The van der Waals surface area contributed by atoms with Crippen LogP contribution in [0, 0.1) is 6.92 Å². The molecule has 2 N–H and O–H groups in total. The van der Waals surface area contributed by atoms with Crippen molar-refractivity contribution in [2.45, 2.75) is 55.8 Å². The fraction of sp³-hybridized carbons (Fsp3) is 0.400. The van der Waals surface area contributed by atoms with Gasteiger partial charge < -0.3 is 14.6 Å². The lowest BCUT2D eigenvalue weighted by molar-refractivity contribution is -0.149. The summed E-state index contributed by atoms with van der Waals surface area (Å²) in [5.41, 5.74) is 2.44. The highest BCUT2D eigenvalue weighted by Crippen LogP contribution is 2.47. The Hall–Kier alpha value is -1.77. The Morgan fingerprint density at radius 3 is 2.30 bits per heavy atom. The summed E-state index contributed by atoms with van der Waals surface area (Å²) in [6, 6.07) is 13.1. The molecule has 1 heterocycles. The van der Waals surface area contributed by atoms with Crippen LogP contribution in [0.3, 0.4) is 0 Å². The molecule has 0 radical (unpaired) electrons. The third-order valence-electron chi connectivity index (χ3n) is 5.07. The van der Waals surface area contributed by atoms with Crippen molar-refractivity contribution in [1.82, 2.24) is 4.72 Å². The molecule has 27 heavy (non-hydrogen) atoms. The van der Waals surface area contributed by atoms with E-state index in [9.17, 15) is 13.5 Å². The molecule has 1 saturated heterocycles. The summed E-state index contributed by atoms with van der Waals surface area (Å²) < 4.78 is 40.5. The Morgan fingerprint density at radius 1 is 1.00 bits per heavy atom. The number of ether oxygens (including phenoxy) is 2. The van der Waals surface area contributed by atoms with Gasteiger partial charge in [0.05, 0.1) is 17.0 Å². The van der Waals surface area contributed by atoms with Crippen LogP contribution in [0.25, 0.3) is 0 Å². The van der Waals surface area contributed by atoms with Crippen molar-refractivity contribution in [3.05, 3.63) is 65.2 Å². The first kappa shape index (κ1) is 18.6. The summed E-state index contributed by atoms with van der Waals surface area (Å²) in [5, 5.41) is 10.9. The molecule has 6 nitrogen and oxygen atoms in total. The van der Waals surface area contributed by atoms with E-state index in [2.05, 4.69) is 4.72 Å². The predicted molar refractivity (Wildman–Crippen MR) is 99.5 cm³/mol. The van der Waals surface area contributed by atoms with Gasteiger partial charge in [0.2, 0.25) is 10.0 Å². The molecule has 144 valence electrons. The van der Waals surface area contributed by atoms with E-state index in [0.29, 0.717) is 5.56 Å². The van der Waals surface area contributed by atoms with E-state index in [0.717, 1.165) is 11.1 Å². The molecule has 2 aliphatic rings. The zero-order valence-electron chi connectivity index (χ0n) is 15.4. The van der Waals surface area contributed by atoms with Crippen LogP contribution in [0.15, 0.2) is 53.4 Å². The summed E-state index contributed by atoms with van der Waals surface area (Å²) in [5.74, 6) is -0.875. The fourth-order valence-electron chi connectivity index (χ4n) is 3.80. The number of hydrogen-bond donors (Lipinski definition) is 2. The van der Waals surface area contributed by atoms with Crippen LogP contribution in [-0.4, -0.2) is 31.5 Å². The van der Waals surface area contributed by atoms with Gasteiger partial charge in [-0.05, 0) is 44.0 Å². The van der Waals surface area contributed by atoms with Gasteiger partial charge in [-0.3, -0.25) is 0 Å². The van der Waals surface area contributed by atoms with E-state index < -0.39 is 40.2 Å². The van der Waals surface area contributed by atoms with Gasteiger partial charge in [0, 0.05) is 0 Å². The third-order valence-corrected chi connectivity index (χ3v) is 6.54. The number of rotatable bonds is 3. The number of benzene rings is 2. The van der Waals surface area contributed by atoms with Gasteiger partial charge in [-0.15, -0.1) is 0 Å². The Labute approximate surface area is 159 Å². The van der Waals surface area contributed by atoms with Crippen LogP contribution in [0.4, 0.5) is 0 Å². The second-order valence-corrected chi connectivity index (χ2v) is 9.27. The van der Waals surface area contributed by atoms with Crippen molar-refractivity contribution in [3.63, 3.8) is 0 Å². The minimum atomic E-state index is -3.83. The number of aliphatic hydroxyl groups excluding tert-OH is 1. The zero-order chi connectivity index (χ0) is 19.4. The number of hydrogen-bond acceptors (Lipinski definition) is 5. The molecular weight excluding hydrogens is 366 g/mol. The number of aliphatic hydroxyl groups is 1. The molecule has 0 spiro atoms. The summed E-state index contributed by atoms with van der Waals surface area (Å²) in [7, 11) is -3.83. The minimum Gasteiger partial charge on any atom is -0.387 e. The standard InChI is InChI=1S/C20H23NO5S/c1-12-8-10-13(11-9-12)27(23,24)21-16-17(22)14-6-4-5-7-15(14)18-19(16)26-20(2,3)25-18/h4-11,16-19,21-22H,1-3H3/t16-,17+,18-,19+/m1/s1. The monoisotopic (exact) mass is 389 g/mol. The third kappa shape index (κ3) is 3.30. The summed E-state index contributed by atoms with van der Waals surface area (Å²) >= 11 is 0. The molecule has 0 amide bonds. The van der Waals surface area contributed by atoms with Crippen LogP contribution < -0.4 is 4.72 Å². The lowest BCUT2D eigenvalue weighted by Gasteiger charge is -2.37. The van der Waals surface area contributed by atoms with Crippen LogP contribution in [-0.2, 0) is 19.5 Å². The first-order valence-corrected chi connectivity index (χ1v) is 10.4. The van der Waals surface area contributed by atoms with Crippen LogP contribution in [0.5, 0.6) is 0 Å². The van der Waals surface area contributed by atoms with Gasteiger partial charge in [0.15, 0.2) is 5.79 Å². The fourth-order valence-corrected chi connectivity index (χ4v) is 5.05. The maximum atomic E-state index is 12.9. The van der Waals surface area contributed by atoms with E-state index >= 15 is 0 Å². The maximum Gasteiger partial charge on any atom is 0.241 e. The Balaban J connectivity index is 1.72. The molecule has 4 atom stereocenters. The highest BCUT2D eigenvalue weighted by atomic mass is 32.2. The molecule has 7 heteroatoms. The molecular formula is C20H23NO5S. The Kier molecular flexibility index (Phi) is 4.40. The normalized spacial score (nSPS) is 29.2. The molecule has 0 aromatic heterocycles. The van der Waals surface area contributed by atoms with E-state index in [1.807, 2.05) is 25.1 Å². The Bertz CT molecular complexity index is 955. The molecule has 1 aliphatic carbocycles. The van der Waals surface area contributed by atoms with Gasteiger partial charge in [0.25, 0.3) is 0 Å². The summed E-state index contributed by atoms with van der Waals surface area (Å²) in [4.78, 5) is 0.147. The predicted octanol–water partition coefficient (Wildman–Crippen LogP) is 2.58. The minimum absolute atomic E-state index is 0.147. The number of sulfonamides is 1. The van der Waals surface area contributed by atoms with Gasteiger partial charge >= 0.3 is 0 Å². The molecule has 0 saturated carbocycles. The van der Waals surface area contributed by atoms with E-state index in [4.69, 9.17) is 9.47 Å². The second-order valence-electron chi connectivity index (χ2n) is 7.55. The summed E-state index contributed by atoms with van der Waals surface area (Å²) in [6.07, 6.45) is -2.13. The van der Waals surface area contributed by atoms with Crippen molar-refractivity contribution >= 4 is 10.0 Å². The quantitative estimate of drug-likeness (QED) is 0.843. The van der Waals surface area contributed by atoms with E-state index in [-0.39, 0.29) is 4.90 Å². The van der Waals surface area contributed by atoms with Gasteiger partial charge in [-0.2, -0.15) is 0 Å². The van der Waals surface area contributed by atoms with Crippen LogP contribution in [0.2, 0.25) is 0 Å². The van der Waals surface area contributed by atoms with Crippen LogP contribution in [0.1, 0.15) is 42.7 Å². The Morgan fingerprint density at radius 2 is 1.63 bits per heavy atom. The maximum absolute atomic E-state index is 12.9. The van der Waals surface area contributed by atoms with Gasteiger partial charge in [-0.25, -0.2) is 13.1 Å². The SMILES string of the molecule is Cc1ccc(S(=O)(=O)N[C@H]2[C@@H]3OC(C)(C)O[C@@H]3c3ccccc3[C@@H]2O)cc1. The smallest absolute Gasteiger partial charge is 0.241 e. The van der Waals surface area contributed by atoms with Gasteiger partial charge in [-0.1, -0.05) is 42.0 Å². The second kappa shape index (κ2) is 6.39. The number of fused-ring (bicyclic) bond motifs is 3. The molecule has 1 fully saturated rings. The number of nitrogens with one attached hydrogen (secondary N) is 1. The topological polar surface area (TPSA) is 84.9 Å². The lowest BCUT2D eigenvalue weighted by Crippen LogP contribution is -2.51. The van der Waals surface area contributed by atoms with Crippen molar-refractivity contribution in [3.8, 4) is 0 Å². The summed E-state index contributed by atoms with van der Waals surface area (Å²) in [6.45, 7) is 5.46. The first-order chi connectivity index (χ1) is 12.7. The highest BCUT2D eigenvalue weighted by molar-refractivity contribution is 7.89. The van der Waals surface area contributed by atoms with E-state index in [1.54, 1.807) is 44.2 Å². The van der Waals surface area contributed by atoms with Crippen molar-refractivity contribution in [1.29, 1.82) is 0 Å². The zero-order valence-corrected chi connectivity index (χ0v) is 16.2. The largest absolute Gasteiger partial charge is 0.387 e. The van der Waals surface area contributed by atoms with Gasteiger partial charge in [0.1, 0.15) is 12.2 Å². The molecule has 1 aliphatic heterocycles. The molecule has 2 aromatic rings. The molecule has 0 unspecified atom stereocenters. The number of aryl methyl sites for hydroxylation is 1. The van der Waals surface area contributed by atoms with Crippen molar-refractivity contribution in [2.75, 3.05) is 0 Å². The van der Waals surface area contributed by atoms with Crippen molar-refractivity contribution in [2.24, 2.45) is 0 Å². The molecule has 0 bridgehead atoms. The first-order valence-electron chi connectivity index (χ1n) is 8.89. The highest BCUT2D eigenvalue weighted by Gasteiger charge is 2.53. The lowest BCUT2D eigenvalue weighted by atomic mass is 9.82. The molecule has 2 aromatic carbocycles. The molecule has 4 rings (SSSR count). The average molecular weight is 389 g/mol. The van der Waals surface area contributed by atoms with Crippen molar-refractivity contribution < 1.29 is 23.0 Å². The average Bonchev–Trinajstić information content (AvgIpc) is 2.94.